The second-order valence-electron chi connectivity index (χ2n) is 9.44. The standard InChI is InChI=1S/C34H35F/c1-3-4-6-11-32-22-23-33(25-34(32)35)31-20-18-28(19-21-31)13-12-27-14-16-29(17-15-27)24-26(2)30-9-7-5-8-10-30/h3-5,7-10,14-23,25-26H,6,11-13,24H2,1-2H3/t26-/m0/s1. The van der Waals surface area contributed by atoms with E-state index in [-0.39, 0.29) is 5.82 Å². The molecule has 178 valence electrons. The molecule has 1 atom stereocenters. The van der Waals surface area contributed by atoms with Crippen LogP contribution in [0, 0.1) is 5.82 Å². The molecule has 0 saturated heterocycles. The lowest BCUT2D eigenvalue weighted by Crippen LogP contribution is -1.99. The molecule has 0 bridgehead atoms. The van der Waals surface area contributed by atoms with Gasteiger partial charge in [0, 0.05) is 0 Å². The number of hydrogen-bond donors (Lipinski definition) is 0. The predicted octanol–water partition coefficient (Wildman–Crippen LogP) is 9.13. The number of allylic oxidation sites excluding steroid dienone is 2. The van der Waals surface area contributed by atoms with E-state index < -0.39 is 0 Å². The maximum absolute atomic E-state index is 14.5. The summed E-state index contributed by atoms with van der Waals surface area (Å²) in [6.45, 7) is 4.29. The fourth-order valence-electron chi connectivity index (χ4n) is 4.58. The monoisotopic (exact) mass is 462 g/mol. The van der Waals surface area contributed by atoms with Crippen molar-refractivity contribution in [3.8, 4) is 11.1 Å². The Kier molecular flexibility index (Phi) is 8.68. The third-order valence-electron chi connectivity index (χ3n) is 6.79. The van der Waals surface area contributed by atoms with Crippen molar-refractivity contribution in [3.63, 3.8) is 0 Å². The van der Waals surface area contributed by atoms with Gasteiger partial charge in [-0.1, -0.05) is 110 Å². The Morgan fingerprint density at radius 2 is 1.29 bits per heavy atom. The average Bonchev–Trinajstić information content (AvgIpc) is 2.90. The molecule has 0 aromatic heterocycles. The third-order valence-corrected chi connectivity index (χ3v) is 6.79. The Morgan fingerprint density at radius 3 is 1.91 bits per heavy atom. The van der Waals surface area contributed by atoms with Crippen LogP contribution in [0.4, 0.5) is 4.39 Å². The molecule has 0 unspecified atom stereocenters. The van der Waals surface area contributed by atoms with Gasteiger partial charge in [0.05, 0.1) is 0 Å². The first-order valence-corrected chi connectivity index (χ1v) is 12.7. The van der Waals surface area contributed by atoms with E-state index in [1.807, 2.05) is 25.1 Å². The molecule has 0 aliphatic rings. The molecule has 0 nitrogen and oxygen atoms in total. The fraction of sp³-hybridized carbons (Fsp3) is 0.235. The van der Waals surface area contributed by atoms with E-state index in [9.17, 15) is 4.39 Å². The van der Waals surface area contributed by atoms with E-state index >= 15 is 0 Å². The summed E-state index contributed by atoms with van der Waals surface area (Å²) in [5.74, 6) is 0.404. The second-order valence-corrected chi connectivity index (χ2v) is 9.44. The summed E-state index contributed by atoms with van der Waals surface area (Å²) in [6, 6.07) is 34.0. The maximum atomic E-state index is 14.5. The number of aryl methyl sites for hydroxylation is 3. The molecular formula is C34H35F. The molecule has 1 heteroatoms. The topological polar surface area (TPSA) is 0 Å². The Balaban J connectivity index is 1.31. The van der Waals surface area contributed by atoms with Gasteiger partial charge in [-0.3, -0.25) is 0 Å². The Morgan fingerprint density at radius 1 is 0.686 bits per heavy atom. The van der Waals surface area contributed by atoms with E-state index in [2.05, 4.69) is 91.9 Å². The Hall–Kier alpha value is -3.45. The van der Waals surface area contributed by atoms with Gasteiger partial charge in [-0.25, -0.2) is 4.39 Å². The van der Waals surface area contributed by atoms with Gasteiger partial charge in [0.25, 0.3) is 0 Å². The normalized spacial score (nSPS) is 12.2. The number of hydrogen-bond acceptors (Lipinski definition) is 0. The fourth-order valence-corrected chi connectivity index (χ4v) is 4.58. The van der Waals surface area contributed by atoms with Gasteiger partial charge in [0.1, 0.15) is 5.82 Å². The number of halogens is 1. The first-order valence-electron chi connectivity index (χ1n) is 12.7. The largest absolute Gasteiger partial charge is 0.207 e. The van der Waals surface area contributed by atoms with Crippen LogP contribution in [0.25, 0.3) is 11.1 Å². The van der Waals surface area contributed by atoms with Gasteiger partial charge in [0.2, 0.25) is 0 Å². The van der Waals surface area contributed by atoms with Crippen molar-refractivity contribution in [2.45, 2.75) is 51.9 Å². The molecule has 35 heavy (non-hydrogen) atoms. The van der Waals surface area contributed by atoms with Crippen LogP contribution in [0.3, 0.4) is 0 Å². The van der Waals surface area contributed by atoms with Crippen molar-refractivity contribution in [1.29, 1.82) is 0 Å². The minimum absolute atomic E-state index is 0.113. The van der Waals surface area contributed by atoms with E-state index in [1.54, 1.807) is 6.07 Å². The summed E-state index contributed by atoms with van der Waals surface area (Å²) in [7, 11) is 0. The Labute approximate surface area is 210 Å². The van der Waals surface area contributed by atoms with Crippen LogP contribution in [0.5, 0.6) is 0 Å². The van der Waals surface area contributed by atoms with Crippen LogP contribution in [0.15, 0.2) is 109 Å². The quantitative estimate of drug-likeness (QED) is 0.206. The molecule has 0 radical (unpaired) electrons. The van der Waals surface area contributed by atoms with Gasteiger partial charge < -0.3 is 0 Å². The molecule has 0 amide bonds. The first-order chi connectivity index (χ1) is 17.1. The van der Waals surface area contributed by atoms with Crippen molar-refractivity contribution in [1.82, 2.24) is 0 Å². The van der Waals surface area contributed by atoms with Crippen LogP contribution in [-0.2, 0) is 25.7 Å². The van der Waals surface area contributed by atoms with Gasteiger partial charge >= 0.3 is 0 Å². The molecule has 0 aliphatic carbocycles. The highest BCUT2D eigenvalue weighted by Crippen LogP contribution is 2.24. The zero-order valence-corrected chi connectivity index (χ0v) is 20.9. The third kappa shape index (κ3) is 7.02. The molecular weight excluding hydrogens is 427 g/mol. The van der Waals surface area contributed by atoms with E-state index in [0.29, 0.717) is 5.92 Å². The van der Waals surface area contributed by atoms with Crippen LogP contribution < -0.4 is 0 Å². The number of benzene rings is 4. The highest BCUT2D eigenvalue weighted by atomic mass is 19.1. The molecule has 0 N–H and O–H groups in total. The van der Waals surface area contributed by atoms with Crippen molar-refractivity contribution < 1.29 is 4.39 Å². The van der Waals surface area contributed by atoms with Crippen LogP contribution in [0.1, 0.15) is 54.0 Å². The van der Waals surface area contributed by atoms with E-state index in [1.165, 1.54) is 22.3 Å². The molecule has 0 aliphatic heterocycles. The summed E-state index contributed by atoms with van der Waals surface area (Å²) < 4.78 is 14.5. The second kappa shape index (κ2) is 12.3. The first kappa shape index (κ1) is 24.7. The minimum atomic E-state index is -0.113. The highest BCUT2D eigenvalue weighted by molar-refractivity contribution is 5.64. The smallest absolute Gasteiger partial charge is 0.127 e. The van der Waals surface area contributed by atoms with Gasteiger partial charge in [-0.05, 0) is 90.0 Å². The van der Waals surface area contributed by atoms with Crippen molar-refractivity contribution in [3.05, 3.63) is 143 Å². The lowest BCUT2D eigenvalue weighted by atomic mass is 9.93. The summed E-state index contributed by atoms with van der Waals surface area (Å²) >= 11 is 0. The zero-order chi connectivity index (χ0) is 24.5. The lowest BCUT2D eigenvalue weighted by molar-refractivity contribution is 0.610. The van der Waals surface area contributed by atoms with Crippen molar-refractivity contribution >= 4 is 0 Å². The maximum Gasteiger partial charge on any atom is 0.127 e. The SMILES string of the molecule is CC=CCCc1ccc(-c2ccc(CCc3ccc(C[C@H](C)c4ccccc4)cc3)cc2)cc1F. The van der Waals surface area contributed by atoms with Crippen molar-refractivity contribution in [2.24, 2.45) is 0 Å². The summed E-state index contributed by atoms with van der Waals surface area (Å²) in [4.78, 5) is 0. The molecule has 4 aromatic carbocycles. The molecule has 0 spiro atoms. The summed E-state index contributed by atoms with van der Waals surface area (Å²) in [5, 5.41) is 0. The van der Waals surface area contributed by atoms with Crippen LogP contribution >= 0.6 is 0 Å². The highest BCUT2D eigenvalue weighted by Gasteiger charge is 2.07. The van der Waals surface area contributed by atoms with Gasteiger partial charge in [-0.2, -0.15) is 0 Å². The van der Waals surface area contributed by atoms with Crippen LogP contribution in [-0.4, -0.2) is 0 Å². The molecule has 0 heterocycles. The van der Waals surface area contributed by atoms with Crippen LogP contribution in [0.2, 0.25) is 0 Å². The van der Waals surface area contributed by atoms with Gasteiger partial charge in [-0.15, -0.1) is 0 Å². The van der Waals surface area contributed by atoms with E-state index in [4.69, 9.17) is 0 Å². The predicted molar refractivity (Wildman–Crippen MR) is 147 cm³/mol. The zero-order valence-electron chi connectivity index (χ0n) is 20.9. The summed E-state index contributed by atoms with van der Waals surface area (Å²) in [6.07, 6.45) is 8.77. The number of rotatable bonds is 10. The average molecular weight is 463 g/mol. The lowest BCUT2D eigenvalue weighted by Gasteiger charge is -2.12. The van der Waals surface area contributed by atoms with E-state index in [0.717, 1.165) is 48.8 Å². The van der Waals surface area contributed by atoms with Gasteiger partial charge in [0.15, 0.2) is 0 Å². The molecule has 4 aromatic rings. The molecule has 4 rings (SSSR count). The molecule has 0 saturated carbocycles. The molecule has 0 fully saturated rings. The van der Waals surface area contributed by atoms with Crippen molar-refractivity contribution in [2.75, 3.05) is 0 Å². The summed E-state index contributed by atoms with van der Waals surface area (Å²) in [5.41, 5.74) is 8.22. The Bertz CT molecular complexity index is 1220. The minimum Gasteiger partial charge on any atom is -0.207 e.